The molecule has 1 aromatic rings. The molecule has 1 aromatic carbocycles. The molecule has 13 heavy (non-hydrogen) atoms. The second kappa shape index (κ2) is 3.71. The number of nitrogens with zero attached hydrogens (tertiary/aromatic N) is 1. The minimum atomic E-state index is -0.442. The highest BCUT2D eigenvalue weighted by Gasteiger charge is 1.98. The fourth-order valence-corrected chi connectivity index (χ4v) is 0.888. The summed E-state index contributed by atoms with van der Waals surface area (Å²) in [6, 6.07) is 5.85. The first-order chi connectivity index (χ1) is 6.15. The van der Waals surface area contributed by atoms with Gasteiger partial charge >= 0.3 is 0 Å². The van der Waals surface area contributed by atoms with Crippen molar-refractivity contribution < 1.29 is 5.11 Å². The maximum Gasteiger partial charge on any atom is 0.220 e. The molecule has 0 heterocycles. The van der Waals surface area contributed by atoms with E-state index in [0.29, 0.717) is 11.3 Å². The van der Waals surface area contributed by atoms with Crippen molar-refractivity contribution in [2.75, 3.05) is 0 Å². The van der Waals surface area contributed by atoms with Gasteiger partial charge in [0, 0.05) is 5.56 Å². The number of aromatic hydroxyl groups is 1. The highest BCUT2D eigenvalue weighted by atomic mass is 16.3. The van der Waals surface area contributed by atoms with E-state index in [1.807, 2.05) is 0 Å². The van der Waals surface area contributed by atoms with E-state index in [-0.39, 0.29) is 5.75 Å². The summed E-state index contributed by atoms with van der Waals surface area (Å²) in [7, 11) is 0. The van der Waals surface area contributed by atoms with Gasteiger partial charge in [0.1, 0.15) is 0 Å². The van der Waals surface area contributed by atoms with Crippen molar-refractivity contribution in [3.05, 3.63) is 40.1 Å². The van der Waals surface area contributed by atoms with Crippen LogP contribution in [0.15, 0.2) is 34.2 Å². The maximum absolute atomic E-state index is 11.1. The third-order valence-electron chi connectivity index (χ3n) is 1.68. The summed E-state index contributed by atoms with van der Waals surface area (Å²) >= 11 is 0. The molecule has 0 saturated carbocycles. The SMILES string of the molecule is C/C(=N/N)c1cccc(O)c(=O)c1. The Balaban J connectivity index is 3.38. The van der Waals surface area contributed by atoms with E-state index in [1.54, 1.807) is 19.1 Å². The molecule has 0 aliphatic carbocycles. The summed E-state index contributed by atoms with van der Waals surface area (Å²) in [6.07, 6.45) is 0. The highest BCUT2D eigenvalue weighted by molar-refractivity contribution is 5.98. The van der Waals surface area contributed by atoms with Crippen molar-refractivity contribution >= 4 is 5.71 Å². The van der Waals surface area contributed by atoms with Crippen LogP contribution in [0.2, 0.25) is 0 Å². The molecule has 3 N–H and O–H groups in total. The molecule has 0 atom stereocenters. The third-order valence-corrected chi connectivity index (χ3v) is 1.68. The molecular formula is C9H10N2O2. The number of rotatable bonds is 1. The van der Waals surface area contributed by atoms with Crippen LogP contribution < -0.4 is 11.3 Å². The predicted octanol–water partition coefficient (Wildman–Crippen LogP) is 0.435. The van der Waals surface area contributed by atoms with E-state index in [9.17, 15) is 4.79 Å². The van der Waals surface area contributed by atoms with Gasteiger partial charge in [0.05, 0.1) is 5.71 Å². The highest BCUT2D eigenvalue weighted by Crippen LogP contribution is 2.01. The fraction of sp³-hybridized carbons (Fsp3) is 0.111. The lowest BCUT2D eigenvalue weighted by Crippen LogP contribution is -2.01. The normalized spacial score (nSPS) is 11.3. The lowest BCUT2D eigenvalue weighted by molar-refractivity contribution is 0.471. The van der Waals surface area contributed by atoms with Gasteiger partial charge in [0.2, 0.25) is 5.43 Å². The summed E-state index contributed by atoms with van der Waals surface area (Å²) in [6.45, 7) is 1.69. The maximum atomic E-state index is 11.1. The Morgan fingerprint density at radius 2 is 2.23 bits per heavy atom. The molecule has 4 heteroatoms. The van der Waals surface area contributed by atoms with Crippen molar-refractivity contribution in [3.63, 3.8) is 0 Å². The van der Waals surface area contributed by atoms with Crippen LogP contribution in [0.5, 0.6) is 5.75 Å². The first-order valence-corrected chi connectivity index (χ1v) is 3.73. The summed E-state index contributed by atoms with van der Waals surface area (Å²) in [5.74, 6) is 4.78. The zero-order valence-electron chi connectivity index (χ0n) is 7.19. The van der Waals surface area contributed by atoms with Crippen LogP contribution in [0.3, 0.4) is 0 Å². The Bertz CT molecular complexity index is 399. The van der Waals surface area contributed by atoms with Crippen LogP contribution in [-0.4, -0.2) is 10.8 Å². The van der Waals surface area contributed by atoms with E-state index in [4.69, 9.17) is 10.9 Å². The molecule has 1 rings (SSSR count). The summed E-state index contributed by atoms with van der Waals surface area (Å²) in [4.78, 5) is 11.1. The van der Waals surface area contributed by atoms with Crippen LogP contribution in [0.25, 0.3) is 0 Å². The van der Waals surface area contributed by atoms with Gasteiger partial charge < -0.3 is 10.9 Å². The van der Waals surface area contributed by atoms with E-state index in [0.717, 1.165) is 0 Å². The Labute approximate surface area is 75.3 Å². The fourth-order valence-electron chi connectivity index (χ4n) is 0.888. The van der Waals surface area contributed by atoms with Gasteiger partial charge in [0.25, 0.3) is 0 Å². The van der Waals surface area contributed by atoms with Crippen LogP contribution in [0, 0.1) is 0 Å². The van der Waals surface area contributed by atoms with Gasteiger partial charge in [-0.2, -0.15) is 5.10 Å². The molecule has 0 bridgehead atoms. The van der Waals surface area contributed by atoms with Gasteiger partial charge in [-0.15, -0.1) is 0 Å². The zero-order chi connectivity index (χ0) is 9.84. The first-order valence-electron chi connectivity index (χ1n) is 3.73. The predicted molar refractivity (Wildman–Crippen MR) is 50.8 cm³/mol. The Kier molecular flexibility index (Phi) is 2.64. The van der Waals surface area contributed by atoms with Gasteiger partial charge in [-0.25, -0.2) is 0 Å². The number of nitrogens with two attached hydrogens (primary N) is 1. The second-order valence-corrected chi connectivity index (χ2v) is 2.59. The minimum absolute atomic E-state index is 0.281. The Morgan fingerprint density at radius 1 is 1.54 bits per heavy atom. The number of hydrazone groups is 1. The summed E-state index contributed by atoms with van der Waals surface area (Å²) in [5.41, 5.74) is 0.712. The Hall–Kier alpha value is -1.84. The molecule has 0 aliphatic heterocycles. The van der Waals surface area contributed by atoms with Gasteiger partial charge in [-0.1, -0.05) is 12.1 Å². The van der Waals surface area contributed by atoms with Crippen molar-refractivity contribution in [2.24, 2.45) is 10.9 Å². The van der Waals surface area contributed by atoms with E-state index >= 15 is 0 Å². The molecule has 0 aliphatic rings. The molecule has 0 radical (unpaired) electrons. The molecular weight excluding hydrogens is 168 g/mol. The first kappa shape index (κ1) is 9.25. The number of hydrogen-bond acceptors (Lipinski definition) is 4. The average molecular weight is 178 g/mol. The molecule has 4 nitrogen and oxygen atoms in total. The zero-order valence-corrected chi connectivity index (χ0v) is 7.19. The lowest BCUT2D eigenvalue weighted by Gasteiger charge is -1.91. The molecule has 0 fully saturated rings. The van der Waals surface area contributed by atoms with Crippen LogP contribution in [0.1, 0.15) is 12.5 Å². The third kappa shape index (κ3) is 2.05. The lowest BCUT2D eigenvalue weighted by atomic mass is 10.2. The van der Waals surface area contributed by atoms with Gasteiger partial charge in [-0.05, 0) is 19.1 Å². The van der Waals surface area contributed by atoms with Crippen LogP contribution in [-0.2, 0) is 0 Å². The molecule has 68 valence electrons. The summed E-state index contributed by atoms with van der Waals surface area (Å²) < 4.78 is 0. The molecule has 0 aromatic heterocycles. The quantitative estimate of drug-likeness (QED) is 0.372. The topological polar surface area (TPSA) is 75.7 Å². The van der Waals surface area contributed by atoms with Crippen molar-refractivity contribution in [2.45, 2.75) is 6.92 Å². The molecule has 0 unspecified atom stereocenters. The van der Waals surface area contributed by atoms with Crippen molar-refractivity contribution in [1.82, 2.24) is 0 Å². The minimum Gasteiger partial charge on any atom is -0.504 e. The van der Waals surface area contributed by atoms with Crippen LogP contribution in [0.4, 0.5) is 0 Å². The molecule has 0 spiro atoms. The van der Waals surface area contributed by atoms with Gasteiger partial charge in [0.15, 0.2) is 5.75 Å². The van der Waals surface area contributed by atoms with E-state index in [2.05, 4.69) is 5.10 Å². The largest absolute Gasteiger partial charge is 0.504 e. The Morgan fingerprint density at radius 3 is 2.85 bits per heavy atom. The van der Waals surface area contributed by atoms with Gasteiger partial charge in [-0.3, -0.25) is 4.79 Å². The molecule has 0 saturated heterocycles. The van der Waals surface area contributed by atoms with Crippen LogP contribution >= 0.6 is 0 Å². The second-order valence-electron chi connectivity index (χ2n) is 2.59. The standard InChI is InChI=1S/C9H10N2O2/c1-6(11-10)7-3-2-4-8(12)9(13)5-7/h2-5H,10H2,1H3,(H,12,13)/b11-6-. The van der Waals surface area contributed by atoms with E-state index < -0.39 is 5.43 Å². The monoisotopic (exact) mass is 178 g/mol. The number of hydrogen-bond donors (Lipinski definition) is 2. The average Bonchev–Trinajstić information content (AvgIpc) is 2.28. The molecule has 0 amide bonds. The van der Waals surface area contributed by atoms with Crippen molar-refractivity contribution in [3.8, 4) is 5.75 Å². The smallest absolute Gasteiger partial charge is 0.220 e. The summed E-state index contributed by atoms with van der Waals surface area (Å²) in [5, 5.41) is 12.5. The van der Waals surface area contributed by atoms with E-state index in [1.165, 1.54) is 12.1 Å². The van der Waals surface area contributed by atoms with Crippen molar-refractivity contribution in [1.29, 1.82) is 0 Å².